The van der Waals surface area contributed by atoms with Crippen LogP contribution in [-0.2, 0) is 4.74 Å². The molecule has 1 aromatic heterocycles. The Bertz CT molecular complexity index is 760. The number of hydrogen-bond donors (Lipinski definition) is 1. The van der Waals surface area contributed by atoms with E-state index >= 15 is 0 Å². The lowest BCUT2D eigenvalue weighted by Crippen LogP contribution is -2.44. The first-order chi connectivity index (χ1) is 11.8. The molecule has 0 atom stereocenters. The Morgan fingerprint density at radius 3 is 2.68 bits per heavy atom. The van der Waals surface area contributed by atoms with E-state index in [1.165, 1.54) is 0 Å². The van der Waals surface area contributed by atoms with Crippen LogP contribution in [0.25, 0.3) is 10.8 Å². The Balaban J connectivity index is 1.64. The van der Waals surface area contributed by atoms with Crippen LogP contribution in [-0.4, -0.2) is 40.7 Å². The number of ether oxygens (including phenoxy) is 1. The molecule has 134 valence electrons. The molecule has 3 rings (SSSR count). The predicted octanol–water partition coefficient (Wildman–Crippen LogP) is 4.81. The molecular weight excluding hydrogens is 382 g/mol. The monoisotopic (exact) mass is 405 g/mol. The summed E-state index contributed by atoms with van der Waals surface area (Å²) in [5.41, 5.74) is 0.651. The first kappa shape index (κ1) is 18.0. The highest BCUT2D eigenvalue weighted by Crippen LogP contribution is 2.31. The molecule has 2 aromatic rings. The average molecular weight is 406 g/mol. The molecule has 25 heavy (non-hydrogen) atoms. The van der Waals surface area contributed by atoms with Gasteiger partial charge < -0.3 is 15.0 Å². The third kappa shape index (κ3) is 4.42. The number of nitrogens with one attached hydrogen (secondary N) is 1. The third-order valence-electron chi connectivity index (χ3n) is 4.24. The highest BCUT2D eigenvalue weighted by Gasteiger charge is 2.27. The summed E-state index contributed by atoms with van der Waals surface area (Å²) in [6.45, 7) is 7.10. The summed E-state index contributed by atoms with van der Waals surface area (Å²) in [4.78, 5) is 18.2. The predicted molar refractivity (Wildman–Crippen MR) is 104 cm³/mol. The van der Waals surface area contributed by atoms with Crippen LogP contribution in [0.3, 0.4) is 0 Å². The summed E-state index contributed by atoms with van der Waals surface area (Å²) < 4.78 is 6.44. The number of carbonyl (C=O) groups excluding carboxylic acids is 1. The van der Waals surface area contributed by atoms with E-state index in [0.29, 0.717) is 19.1 Å². The minimum atomic E-state index is -0.449. The Morgan fingerprint density at radius 2 is 2.00 bits per heavy atom. The van der Waals surface area contributed by atoms with E-state index in [2.05, 4.69) is 38.4 Å². The van der Waals surface area contributed by atoms with Crippen LogP contribution < -0.4 is 5.32 Å². The number of rotatable bonds is 2. The van der Waals surface area contributed by atoms with Gasteiger partial charge in [0.25, 0.3) is 0 Å². The first-order valence-corrected chi connectivity index (χ1v) is 9.39. The zero-order chi connectivity index (χ0) is 18.0. The molecule has 1 amide bonds. The lowest BCUT2D eigenvalue weighted by Gasteiger charge is -2.34. The van der Waals surface area contributed by atoms with Gasteiger partial charge in [0.05, 0.1) is 0 Å². The van der Waals surface area contributed by atoms with Gasteiger partial charge >= 0.3 is 6.09 Å². The fraction of sp³-hybridized carbons (Fsp3) is 0.474. The molecule has 1 saturated heterocycles. The standard InChI is InChI=1S/C19H24BrN3O2/c1-19(2,3)25-18(24)23-9-7-14(8-10-23)22-16-6-4-5-13-11-21-12-15(20)17(13)16/h4-6,11-12,14,22H,7-10H2,1-3H3. The van der Waals surface area contributed by atoms with Crippen molar-refractivity contribution in [3.63, 3.8) is 0 Å². The van der Waals surface area contributed by atoms with Gasteiger partial charge in [-0.1, -0.05) is 12.1 Å². The second-order valence-corrected chi connectivity index (χ2v) is 8.27. The summed E-state index contributed by atoms with van der Waals surface area (Å²) >= 11 is 3.60. The van der Waals surface area contributed by atoms with Gasteiger partial charge in [0.1, 0.15) is 5.60 Å². The average Bonchev–Trinajstić information content (AvgIpc) is 2.54. The number of benzene rings is 1. The Morgan fingerprint density at radius 1 is 1.28 bits per heavy atom. The molecule has 0 saturated carbocycles. The number of aromatic nitrogens is 1. The largest absolute Gasteiger partial charge is 0.444 e. The smallest absolute Gasteiger partial charge is 0.410 e. The molecule has 0 bridgehead atoms. The van der Waals surface area contributed by atoms with E-state index in [1.54, 1.807) is 4.90 Å². The number of anilines is 1. The molecule has 1 N–H and O–H groups in total. The molecule has 0 radical (unpaired) electrons. The van der Waals surface area contributed by atoms with Gasteiger partial charge in [-0.05, 0) is 55.6 Å². The maximum atomic E-state index is 12.2. The normalized spacial score (nSPS) is 16.1. The highest BCUT2D eigenvalue weighted by molar-refractivity contribution is 9.10. The molecule has 1 aliphatic rings. The first-order valence-electron chi connectivity index (χ1n) is 8.60. The van der Waals surface area contributed by atoms with Gasteiger partial charge in [-0.2, -0.15) is 0 Å². The van der Waals surface area contributed by atoms with Crippen LogP contribution >= 0.6 is 15.9 Å². The van der Waals surface area contributed by atoms with Gasteiger partial charge in [0.2, 0.25) is 0 Å². The lowest BCUT2D eigenvalue weighted by molar-refractivity contribution is 0.0210. The van der Waals surface area contributed by atoms with Crippen molar-refractivity contribution in [3.8, 4) is 0 Å². The van der Waals surface area contributed by atoms with E-state index in [9.17, 15) is 4.79 Å². The number of piperidine rings is 1. The van der Waals surface area contributed by atoms with Crippen LogP contribution in [0.2, 0.25) is 0 Å². The molecule has 1 aliphatic heterocycles. The van der Waals surface area contributed by atoms with Crippen molar-refractivity contribution < 1.29 is 9.53 Å². The maximum absolute atomic E-state index is 12.2. The summed E-state index contributed by atoms with van der Waals surface area (Å²) in [5, 5.41) is 5.88. The Kier molecular flexibility index (Phi) is 5.18. The van der Waals surface area contributed by atoms with Crippen molar-refractivity contribution in [1.29, 1.82) is 0 Å². The van der Waals surface area contributed by atoms with E-state index in [4.69, 9.17) is 4.74 Å². The molecule has 2 heterocycles. The van der Waals surface area contributed by atoms with Gasteiger partial charge in [-0.3, -0.25) is 4.98 Å². The molecule has 5 nitrogen and oxygen atoms in total. The van der Waals surface area contributed by atoms with Gasteiger partial charge in [-0.15, -0.1) is 0 Å². The molecule has 0 aliphatic carbocycles. The number of carbonyl (C=O) groups is 1. The topological polar surface area (TPSA) is 54.5 Å². The van der Waals surface area contributed by atoms with Crippen molar-refractivity contribution in [2.24, 2.45) is 0 Å². The number of likely N-dealkylation sites (tertiary alicyclic amines) is 1. The van der Waals surface area contributed by atoms with Crippen LogP contribution in [0, 0.1) is 0 Å². The molecular formula is C19H24BrN3O2. The number of amides is 1. The SMILES string of the molecule is CC(C)(C)OC(=O)N1CCC(Nc2cccc3cncc(Br)c23)CC1. The number of hydrogen-bond acceptors (Lipinski definition) is 4. The van der Waals surface area contributed by atoms with Crippen molar-refractivity contribution in [1.82, 2.24) is 9.88 Å². The summed E-state index contributed by atoms with van der Waals surface area (Å²) in [6, 6.07) is 6.52. The number of fused-ring (bicyclic) bond motifs is 1. The van der Waals surface area contributed by atoms with E-state index < -0.39 is 5.60 Å². The zero-order valence-corrected chi connectivity index (χ0v) is 16.5. The van der Waals surface area contributed by atoms with Crippen molar-refractivity contribution in [2.75, 3.05) is 18.4 Å². The van der Waals surface area contributed by atoms with E-state index in [1.807, 2.05) is 39.2 Å². The second kappa shape index (κ2) is 7.20. The molecule has 0 spiro atoms. The van der Waals surface area contributed by atoms with Gasteiger partial charge in [0, 0.05) is 52.5 Å². The van der Waals surface area contributed by atoms with E-state index in [0.717, 1.165) is 33.8 Å². The van der Waals surface area contributed by atoms with Crippen LogP contribution in [0.1, 0.15) is 33.6 Å². The maximum Gasteiger partial charge on any atom is 0.410 e. The number of halogens is 1. The molecule has 0 unspecified atom stereocenters. The third-order valence-corrected chi connectivity index (χ3v) is 4.84. The van der Waals surface area contributed by atoms with Crippen molar-refractivity contribution >= 4 is 38.5 Å². The fourth-order valence-corrected chi connectivity index (χ4v) is 3.63. The van der Waals surface area contributed by atoms with E-state index in [-0.39, 0.29) is 6.09 Å². The van der Waals surface area contributed by atoms with Gasteiger partial charge in [-0.25, -0.2) is 4.79 Å². The minimum Gasteiger partial charge on any atom is -0.444 e. The van der Waals surface area contributed by atoms with Crippen LogP contribution in [0.4, 0.5) is 10.5 Å². The molecule has 1 fully saturated rings. The second-order valence-electron chi connectivity index (χ2n) is 7.41. The van der Waals surface area contributed by atoms with Crippen LogP contribution in [0.5, 0.6) is 0 Å². The minimum absolute atomic E-state index is 0.218. The summed E-state index contributed by atoms with van der Waals surface area (Å²) in [5.74, 6) is 0. The van der Waals surface area contributed by atoms with Crippen molar-refractivity contribution in [2.45, 2.75) is 45.3 Å². The van der Waals surface area contributed by atoms with Crippen LogP contribution in [0.15, 0.2) is 35.1 Å². The summed E-state index contributed by atoms with van der Waals surface area (Å²) in [7, 11) is 0. The summed E-state index contributed by atoms with van der Waals surface area (Å²) in [6.07, 6.45) is 5.27. The Hall–Kier alpha value is -1.82. The molecule has 1 aromatic carbocycles. The molecule has 6 heteroatoms. The number of pyridine rings is 1. The quantitative estimate of drug-likeness (QED) is 0.778. The fourth-order valence-electron chi connectivity index (χ4n) is 3.06. The zero-order valence-electron chi connectivity index (χ0n) is 14.9. The highest BCUT2D eigenvalue weighted by atomic mass is 79.9. The lowest BCUT2D eigenvalue weighted by atomic mass is 10.0. The Labute approximate surface area is 156 Å². The van der Waals surface area contributed by atoms with Gasteiger partial charge in [0.15, 0.2) is 0 Å². The number of nitrogens with zero attached hydrogens (tertiary/aromatic N) is 2. The van der Waals surface area contributed by atoms with Crippen molar-refractivity contribution in [3.05, 3.63) is 35.1 Å².